The zero-order valence-electron chi connectivity index (χ0n) is 27.0. The third-order valence-corrected chi connectivity index (χ3v) is 9.12. The van der Waals surface area contributed by atoms with Crippen LogP contribution >= 0.6 is 0 Å². The summed E-state index contributed by atoms with van der Waals surface area (Å²) >= 11 is 0. The number of amides is 1. The van der Waals surface area contributed by atoms with Gasteiger partial charge in [-0.25, -0.2) is 4.98 Å². The molecule has 1 aromatic heterocycles. The summed E-state index contributed by atoms with van der Waals surface area (Å²) in [5.41, 5.74) is 6.14. The van der Waals surface area contributed by atoms with E-state index in [1.54, 1.807) is 0 Å². The molecule has 0 aliphatic carbocycles. The molecule has 242 valence electrons. The molecule has 5 aromatic carbocycles. The first-order valence-electron chi connectivity index (χ1n) is 16.3. The lowest BCUT2D eigenvalue weighted by molar-refractivity contribution is -0.253. The number of likely N-dealkylation sites (N-methyl/N-ethyl adjacent to an activating group) is 1. The highest BCUT2D eigenvalue weighted by molar-refractivity contribution is 6.03. The van der Waals surface area contributed by atoms with Crippen molar-refractivity contribution in [2.24, 2.45) is 0 Å². The molecule has 1 aliphatic rings. The van der Waals surface area contributed by atoms with E-state index in [9.17, 15) is 9.90 Å². The van der Waals surface area contributed by atoms with Gasteiger partial charge in [0.1, 0.15) is 5.69 Å². The zero-order chi connectivity index (χ0) is 33.0. The molecule has 2 N–H and O–H groups in total. The van der Waals surface area contributed by atoms with E-state index in [0.717, 1.165) is 22.2 Å². The summed E-state index contributed by atoms with van der Waals surface area (Å²) < 4.78 is 13.2. The Labute approximate surface area is 280 Å². The van der Waals surface area contributed by atoms with Gasteiger partial charge in [-0.15, -0.1) is 0 Å². The Morgan fingerprint density at radius 1 is 0.875 bits per heavy atom. The van der Waals surface area contributed by atoms with Gasteiger partial charge in [0.25, 0.3) is 5.91 Å². The van der Waals surface area contributed by atoms with Crippen LogP contribution in [0, 0.1) is 0 Å². The Bertz CT molecular complexity index is 2050. The standard InChI is InChI=1S/C40H38N4O4/c1-26(30-19-18-28-8-3-4-9-31(28)20-30)44(2)24-34-22-38(29-16-14-27(25-45)15-17-29)48-40(47-34)32-10-7-11-33(21-32)42-39(46)37-23-41-35-12-5-6-13-36(35)43-37/h3-21,23,26,34,38,40,45H,22,24-25H2,1-2H3,(H,42,46)/t26-,34-,38+,40+/m1/s1. The van der Waals surface area contributed by atoms with Crippen LogP contribution in [0.2, 0.25) is 0 Å². The molecule has 0 spiro atoms. The van der Waals surface area contributed by atoms with Crippen LogP contribution in [-0.2, 0) is 16.1 Å². The number of hydrogen-bond donors (Lipinski definition) is 2. The molecule has 7 rings (SSSR count). The van der Waals surface area contributed by atoms with Crippen molar-refractivity contribution >= 4 is 33.4 Å². The number of nitrogens with one attached hydrogen (secondary N) is 1. The van der Waals surface area contributed by atoms with Crippen molar-refractivity contribution in [3.8, 4) is 0 Å². The highest BCUT2D eigenvalue weighted by Crippen LogP contribution is 2.39. The Hall–Kier alpha value is -4.99. The van der Waals surface area contributed by atoms with E-state index in [2.05, 4.69) is 76.6 Å². The van der Waals surface area contributed by atoms with E-state index in [1.165, 1.54) is 22.5 Å². The largest absolute Gasteiger partial charge is 0.392 e. The van der Waals surface area contributed by atoms with Gasteiger partial charge < -0.3 is 19.9 Å². The number of aliphatic hydroxyl groups excluding tert-OH is 1. The summed E-state index contributed by atoms with van der Waals surface area (Å²) in [4.78, 5) is 24.3. The minimum atomic E-state index is -0.659. The quantitative estimate of drug-likeness (QED) is 0.167. The van der Waals surface area contributed by atoms with Crippen LogP contribution < -0.4 is 5.32 Å². The predicted molar refractivity (Wildman–Crippen MR) is 187 cm³/mol. The third-order valence-electron chi connectivity index (χ3n) is 9.12. The van der Waals surface area contributed by atoms with Crippen molar-refractivity contribution in [3.05, 3.63) is 149 Å². The zero-order valence-corrected chi connectivity index (χ0v) is 27.0. The SMILES string of the molecule is C[C@H](c1ccc2ccccc2c1)N(C)C[C@H]1C[C@@H](c2ccc(CO)cc2)O[C@@H](c2cccc(NC(=O)c3cnc4ccccc4n3)c2)O1. The van der Waals surface area contributed by atoms with Crippen molar-refractivity contribution in [1.29, 1.82) is 0 Å². The van der Waals surface area contributed by atoms with Crippen molar-refractivity contribution in [1.82, 2.24) is 14.9 Å². The average molecular weight is 639 g/mol. The lowest BCUT2D eigenvalue weighted by Gasteiger charge is -2.39. The molecule has 8 heteroatoms. The first-order valence-corrected chi connectivity index (χ1v) is 16.3. The molecule has 1 saturated heterocycles. The van der Waals surface area contributed by atoms with Gasteiger partial charge in [0.05, 0.1) is 36.0 Å². The van der Waals surface area contributed by atoms with Crippen LogP contribution in [0.5, 0.6) is 0 Å². The summed E-state index contributed by atoms with van der Waals surface area (Å²) in [6.07, 6.45) is 1.14. The van der Waals surface area contributed by atoms with Gasteiger partial charge in [0.2, 0.25) is 0 Å². The van der Waals surface area contributed by atoms with E-state index in [1.807, 2.05) is 72.8 Å². The Balaban J connectivity index is 1.11. The van der Waals surface area contributed by atoms with E-state index in [0.29, 0.717) is 24.2 Å². The topological polar surface area (TPSA) is 96.8 Å². The average Bonchev–Trinajstić information content (AvgIpc) is 3.14. The van der Waals surface area contributed by atoms with Crippen LogP contribution in [0.3, 0.4) is 0 Å². The number of hydrogen-bond acceptors (Lipinski definition) is 7. The minimum absolute atomic E-state index is 0.0130. The van der Waals surface area contributed by atoms with Gasteiger partial charge in [-0.2, -0.15) is 0 Å². The Kier molecular flexibility index (Phi) is 9.22. The second-order valence-electron chi connectivity index (χ2n) is 12.4. The maximum atomic E-state index is 13.2. The number of rotatable bonds is 9. The summed E-state index contributed by atoms with van der Waals surface area (Å²) in [6, 6.07) is 38.1. The summed E-state index contributed by atoms with van der Waals surface area (Å²) in [5, 5.41) is 15.0. The predicted octanol–water partition coefficient (Wildman–Crippen LogP) is 7.77. The highest BCUT2D eigenvalue weighted by atomic mass is 16.7. The van der Waals surface area contributed by atoms with Crippen LogP contribution in [0.25, 0.3) is 21.8 Å². The number of benzene rings is 5. The van der Waals surface area contributed by atoms with E-state index in [-0.39, 0.29) is 36.5 Å². The molecule has 1 amide bonds. The number of carbonyl (C=O) groups is 1. The van der Waals surface area contributed by atoms with Gasteiger partial charge in [-0.1, -0.05) is 84.9 Å². The van der Waals surface area contributed by atoms with Gasteiger partial charge in [0, 0.05) is 30.3 Å². The molecule has 0 bridgehead atoms. The Morgan fingerprint density at radius 2 is 1.65 bits per heavy atom. The Morgan fingerprint density at radius 3 is 2.46 bits per heavy atom. The molecular formula is C40H38N4O4. The molecule has 2 heterocycles. The molecule has 6 aromatic rings. The molecule has 1 aliphatic heterocycles. The second kappa shape index (κ2) is 14.0. The number of aromatic nitrogens is 2. The van der Waals surface area contributed by atoms with Crippen molar-refractivity contribution in [2.75, 3.05) is 18.9 Å². The van der Waals surface area contributed by atoms with Crippen LogP contribution in [-0.4, -0.2) is 45.6 Å². The lowest BCUT2D eigenvalue weighted by atomic mass is 9.98. The van der Waals surface area contributed by atoms with Crippen molar-refractivity contribution in [3.63, 3.8) is 0 Å². The summed E-state index contributed by atoms with van der Waals surface area (Å²) in [6.45, 7) is 2.90. The van der Waals surface area contributed by atoms with Gasteiger partial charge in [-0.05, 0) is 71.8 Å². The fourth-order valence-electron chi connectivity index (χ4n) is 6.26. The minimum Gasteiger partial charge on any atom is -0.392 e. The molecule has 0 radical (unpaired) electrons. The molecular weight excluding hydrogens is 600 g/mol. The van der Waals surface area contributed by atoms with Crippen LogP contribution in [0.15, 0.2) is 121 Å². The number of nitrogens with zero attached hydrogens (tertiary/aromatic N) is 3. The third kappa shape index (κ3) is 6.98. The number of anilines is 1. The molecule has 0 unspecified atom stereocenters. The smallest absolute Gasteiger partial charge is 0.275 e. The molecule has 4 atom stereocenters. The van der Waals surface area contributed by atoms with Gasteiger partial charge in [-0.3, -0.25) is 14.7 Å². The second-order valence-corrected chi connectivity index (χ2v) is 12.4. The first-order chi connectivity index (χ1) is 23.4. The molecule has 1 fully saturated rings. The normalized spacial score (nSPS) is 18.6. The van der Waals surface area contributed by atoms with E-state index < -0.39 is 6.29 Å². The number of ether oxygens (including phenoxy) is 2. The molecule has 8 nitrogen and oxygen atoms in total. The molecule has 0 saturated carbocycles. The number of carbonyl (C=O) groups excluding carboxylic acids is 1. The van der Waals surface area contributed by atoms with Crippen molar-refractivity contribution in [2.45, 2.75) is 44.5 Å². The number of fused-ring (bicyclic) bond motifs is 2. The lowest BCUT2D eigenvalue weighted by Crippen LogP contribution is -2.38. The fraction of sp³-hybridized carbons (Fsp3) is 0.225. The molecule has 48 heavy (non-hydrogen) atoms. The highest BCUT2D eigenvalue weighted by Gasteiger charge is 2.33. The first kappa shape index (κ1) is 31.6. The monoisotopic (exact) mass is 638 g/mol. The summed E-state index contributed by atoms with van der Waals surface area (Å²) in [5.74, 6) is -0.347. The van der Waals surface area contributed by atoms with Gasteiger partial charge >= 0.3 is 0 Å². The number of aliphatic hydroxyl groups is 1. The maximum Gasteiger partial charge on any atom is 0.275 e. The summed E-state index contributed by atoms with van der Waals surface area (Å²) in [7, 11) is 2.13. The van der Waals surface area contributed by atoms with Crippen molar-refractivity contribution < 1.29 is 19.4 Å². The van der Waals surface area contributed by atoms with Crippen LogP contribution in [0.1, 0.15) is 64.5 Å². The van der Waals surface area contributed by atoms with Gasteiger partial charge in [0.15, 0.2) is 6.29 Å². The van der Waals surface area contributed by atoms with E-state index >= 15 is 0 Å². The fourth-order valence-corrected chi connectivity index (χ4v) is 6.26. The number of para-hydroxylation sites is 2. The van der Waals surface area contributed by atoms with Crippen LogP contribution in [0.4, 0.5) is 5.69 Å². The maximum absolute atomic E-state index is 13.2. The van der Waals surface area contributed by atoms with E-state index in [4.69, 9.17) is 9.47 Å².